The summed E-state index contributed by atoms with van der Waals surface area (Å²) in [5, 5.41) is 56.2. The molecule has 20 rings (SSSR count). The van der Waals surface area contributed by atoms with E-state index in [9.17, 15) is 31.6 Å². The van der Waals surface area contributed by atoms with E-state index in [1.807, 2.05) is 6.07 Å². The van der Waals surface area contributed by atoms with Crippen LogP contribution in [0.15, 0.2) is 355 Å². The van der Waals surface area contributed by atoms with Gasteiger partial charge in [-0.25, -0.2) is 26.3 Å². The van der Waals surface area contributed by atoms with E-state index in [0.717, 1.165) is 94.0 Å². The average molecular weight is 1660 g/mol. The van der Waals surface area contributed by atoms with Crippen LogP contribution >= 0.6 is 31.9 Å². The minimum absolute atomic E-state index is 0.246. The zero-order chi connectivity index (χ0) is 81.0. The fraction of sp³-hybridized carbons (Fsp3) is 0. The van der Waals surface area contributed by atoms with Crippen molar-refractivity contribution in [2.75, 3.05) is 0 Å². The Morgan fingerprint density at radius 1 is 0.256 bits per heavy atom. The molecule has 4 heterocycles. The van der Waals surface area contributed by atoms with E-state index in [1.54, 1.807) is 60.7 Å². The number of hydrogen-bond donors (Lipinski definition) is 3. The molecule has 0 unspecified atom stereocenters. The molecule has 0 amide bonds. The number of aromatic nitrogens is 4. The van der Waals surface area contributed by atoms with Gasteiger partial charge in [-0.1, -0.05) is 297 Å². The van der Waals surface area contributed by atoms with Crippen LogP contribution < -0.4 is 5.46 Å². The van der Waals surface area contributed by atoms with E-state index < -0.39 is 73.2 Å². The first-order valence-corrected chi connectivity index (χ1v) is 38.5. The lowest BCUT2D eigenvalue weighted by atomic mass is 9.81. The zero-order valence-corrected chi connectivity index (χ0v) is 64.8. The highest BCUT2D eigenvalue weighted by Gasteiger charge is 2.34. The van der Waals surface area contributed by atoms with Crippen LogP contribution in [-0.2, 0) is 0 Å². The Kier molecular flexibility index (Phi) is 21.9. The summed E-state index contributed by atoms with van der Waals surface area (Å²) in [5.41, 5.74) is 14.6. The molecular formula is C99H60BBr2F6N7O2. The van der Waals surface area contributed by atoms with Gasteiger partial charge in [0.05, 0.1) is 70.2 Å². The van der Waals surface area contributed by atoms with Crippen molar-refractivity contribution in [2.45, 2.75) is 0 Å². The van der Waals surface area contributed by atoms with Crippen molar-refractivity contribution in [3.8, 4) is 79.8 Å². The second-order valence-corrected chi connectivity index (χ2v) is 28.7. The number of nitriles is 3. The molecule has 0 aliphatic heterocycles. The minimum atomic E-state index is -1.34. The lowest BCUT2D eigenvalue weighted by Crippen LogP contribution is -2.29. The maximum Gasteiger partial charge on any atom is 0.488 e. The Morgan fingerprint density at radius 2 is 0.496 bits per heavy atom. The van der Waals surface area contributed by atoms with E-state index >= 15 is 0 Å². The zero-order valence-electron chi connectivity index (χ0n) is 61.6. The Bertz CT molecular complexity index is 6840. The molecule has 20 aromatic rings. The summed E-state index contributed by atoms with van der Waals surface area (Å²) in [5.74, 6) is -6.96. The van der Waals surface area contributed by atoms with Crippen LogP contribution in [0.1, 0.15) is 16.7 Å². The van der Waals surface area contributed by atoms with Crippen LogP contribution in [0, 0.1) is 68.9 Å². The number of aromatic amines is 1. The molecule has 0 aliphatic rings. The number of para-hydroxylation sites is 8. The number of H-pyrrole nitrogens is 1. The summed E-state index contributed by atoms with van der Waals surface area (Å²) in [4.78, 5) is 3.38. The summed E-state index contributed by atoms with van der Waals surface area (Å²) in [6.45, 7) is 0. The lowest BCUT2D eigenvalue weighted by molar-refractivity contribution is 0.425. The van der Waals surface area contributed by atoms with Gasteiger partial charge in [0.1, 0.15) is 40.7 Å². The molecule has 0 fully saturated rings. The standard InChI is InChI=1S/C55H34N4.C19H10F3N.C12H9N.C7Br2F3N.C6H7BO2/c56-35-44-53(57-45-29-13-7-23-38(45)39-24-8-14-30-46(39)57)51(36-19-3-1-4-20-36)55(59-49-33-17-11-27-42(49)43-28-12-18-34-50(43)59)52(37-21-5-2-6-22-37)54(44)58-47-31-15-9-25-40(47)41-26-10-16-32-48(41)58;20-17-14(11-23)18(21)16(13-9-5-2-6-10-13)19(22)15(17)12-7-3-1-4-8-12;1-3-7-11-9(5-1)10-6-2-4-8-12(10)13-11;8-3-5(10)2(1-13)6(11)4(9)7(3)12;8-7(9)6-4-2-1-3-5-6/h1-34H;1-10H;1-8,13H;;1-5,8-9H. The van der Waals surface area contributed by atoms with Crippen molar-refractivity contribution in [1.82, 2.24) is 18.7 Å². The lowest BCUT2D eigenvalue weighted by Gasteiger charge is -2.28. The topological polar surface area (TPSA) is 142 Å². The molecule has 4 aromatic heterocycles. The third kappa shape index (κ3) is 14.1. The monoisotopic (exact) mass is 1660 g/mol. The summed E-state index contributed by atoms with van der Waals surface area (Å²) in [7, 11) is -1.34. The van der Waals surface area contributed by atoms with Gasteiger partial charge in [-0.3, -0.25) is 0 Å². The Labute approximate surface area is 683 Å². The second kappa shape index (κ2) is 33.4. The van der Waals surface area contributed by atoms with Crippen molar-refractivity contribution in [2.24, 2.45) is 0 Å². The van der Waals surface area contributed by atoms with E-state index in [-0.39, 0.29) is 11.1 Å². The predicted molar refractivity (Wildman–Crippen MR) is 465 cm³/mol. The molecule has 0 aliphatic carbocycles. The van der Waals surface area contributed by atoms with E-state index in [0.29, 0.717) is 11.0 Å². The van der Waals surface area contributed by atoms with Crippen molar-refractivity contribution in [3.63, 3.8) is 0 Å². The van der Waals surface area contributed by atoms with Crippen molar-refractivity contribution in [3.05, 3.63) is 406 Å². The molecule has 16 aromatic carbocycles. The number of nitrogens with one attached hydrogen (secondary N) is 1. The van der Waals surface area contributed by atoms with Crippen molar-refractivity contribution >= 4 is 132 Å². The smallest absolute Gasteiger partial charge is 0.423 e. The highest BCUT2D eigenvalue weighted by molar-refractivity contribution is 9.11. The second-order valence-electron chi connectivity index (χ2n) is 27.1. The highest BCUT2D eigenvalue weighted by atomic mass is 79.9. The molecule has 117 heavy (non-hydrogen) atoms. The Morgan fingerprint density at radius 3 is 0.778 bits per heavy atom. The molecule has 0 atom stereocenters. The third-order valence-electron chi connectivity index (χ3n) is 20.5. The van der Waals surface area contributed by atoms with Crippen LogP contribution in [-0.4, -0.2) is 35.9 Å². The highest BCUT2D eigenvalue weighted by Crippen LogP contribution is 2.52. The van der Waals surface area contributed by atoms with Crippen LogP contribution in [0.5, 0.6) is 0 Å². The van der Waals surface area contributed by atoms with E-state index in [2.05, 4.69) is 311 Å². The van der Waals surface area contributed by atoms with Gasteiger partial charge in [-0.05, 0) is 108 Å². The van der Waals surface area contributed by atoms with Gasteiger partial charge in [0, 0.05) is 65.3 Å². The van der Waals surface area contributed by atoms with Gasteiger partial charge >= 0.3 is 7.12 Å². The average Bonchev–Trinajstić information content (AvgIpc) is 1.59. The molecule has 562 valence electrons. The molecule has 3 N–H and O–H groups in total. The van der Waals surface area contributed by atoms with E-state index in [4.69, 9.17) is 20.6 Å². The number of nitrogens with zero attached hydrogens (tertiary/aromatic N) is 6. The number of hydrogen-bond acceptors (Lipinski definition) is 5. The van der Waals surface area contributed by atoms with Gasteiger partial charge in [0.2, 0.25) is 0 Å². The van der Waals surface area contributed by atoms with Gasteiger partial charge in [-0.2, -0.15) is 15.8 Å². The largest absolute Gasteiger partial charge is 0.488 e. The molecule has 18 heteroatoms. The van der Waals surface area contributed by atoms with Crippen LogP contribution in [0.2, 0.25) is 0 Å². The van der Waals surface area contributed by atoms with Gasteiger partial charge < -0.3 is 28.7 Å². The SMILES string of the molecule is N#Cc1c(-n2c3ccccc3c3ccccc32)c(-c2ccccc2)c(-n2c3ccccc3c3ccccc32)c(-c2ccccc2)c1-n1c2ccccc2c2ccccc21.N#Cc1c(F)c(-c2ccccc2)c(F)c(-c2ccccc2)c1F.N#Cc1c(F)c(Br)c(F)c(Br)c1F.OB(O)c1ccccc1.c1ccc2c(c1)[nH]c1ccccc12. The van der Waals surface area contributed by atoms with Crippen LogP contribution in [0.4, 0.5) is 26.3 Å². The van der Waals surface area contributed by atoms with Gasteiger partial charge in [0.25, 0.3) is 0 Å². The summed E-state index contributed by atoms with van der Waals surface area (Å²) in [6, 6.07) is 120. The van der Waals surface area contributed by atoms with Crippen LogP contribution in [0.3, 0.4) is 0 Å². The number of benzene rings is 16. The molecule has 0 radical (unpaired) electrons. The molecule has 0 saturated heterocycles. The van der Waals surface area contributed by atoms with Gasteiger partial charge in [0.15, 0.2) is 29.1 Å². The summed E-state index contributed by atoms with van der Waals surface area (Å²) >= 11 is 5.12. The van der Waals surface area contributed by atoms with Crippen molar-refractivity contribution < 1.29 is 36.4 Å². The minimum Gasteiger partial charge on any atom is -0.423 e. The van der Waals surface area contributed by atoms with E-state index in [1.165, 1.54) is 69.0 Å². The Hall–Kier alpha value is -14.3. The van der Waals surface area contributed by atoms with Crippen LogP contribution in [0.25, 0.3) is 149 Å². The normalized spacial score (nSPS) is 11.0. The first-order chi connectivity index (χ1) is 57.2. The predicted octanol–water partition coefficient (Wildman–Crippen LogP) is 25.7. The molecule has 0 saturated carbocycles. The summed E-state index contributed by atoms with van der Waals surface area (Å²) < 4.78 is 88.7. The molecule has 0 bridgehead atoms. The first-order valence-electron chi connectivity index (χ1n) is 36.9. The molecule has 0 spiro atoms. The van der Waals surface area contributed by atoms with Gasteiger partial charge in [-0.15, -0.1) is 0 Å². The fourth-order valence-corrected chi connectivity index (χ4v) is 16.4. The molecule has 9 nitrogen and oxygen atoms in total. The maximum atomic E-state index is 14.9. The quantitative estimate of drug-likeness (QED) is 0.0601. The number of halogens is 8. The summed E-state index contributed by atoms with van der Waals surface area (Å²) in [6.07, 6.45) is 0. The fourth-order valence-electron chi connectivity index (χ4n) is 15.3. The number of rotatable bonds is 8. The molecular weight excluding hydrogens is 1600 g/mol. The maximum absolute atomic E-state index is 14.9. The first kappa shape index (κ1) is 76.7. The number of fused-ring (bicyclic) bond motifs is 12. The Balaban J connectivity index is 0.000000142. The van der Waals surface area contributed by atoms with Crippen molar-refractivity contribution in [1.29, 1.82) is 15.8 Å². The third-order valence-corrected chi connectivity index (χ3v) is 21.8.